The Morgan fingerprint density at radius 1 is 1.26 bits per heavy atom. The highest BCUT2D eigenvalue weighted by Crippen LogP contribution is 2.31. The van der Waals surface area contributed by atoms with Gasteiger partial charge in [0.25, 0.3) is 0 Å². The molecule has 0 spiro atoms. The average molecular weight is 261 g/mol. The molecule has 3 rings (SSSR count). The predicted octanol–water partition coefficient (Wildman–Crippen LogP) is 1.70. The summed E-state index contributed by atoms with van der Waals surface area (Å²) in [6.45, 7) is 3.85. The van der Waals surface area contributed by atoms with Crippen molar-refractivity contribution in [2.45, 2.75) is 25.3 Å². The Bertz CT molecular complexity index is 397. The van der Waals surface area contributed by atoms with Crippen LogP contribution < -0.4 is 0 Å². The molecular weight excluding hydrogens is 238 g/mol. The van der Waals surface area contributed by atoms with Crippen molar-refractivity contribution in [2.75, 3.05) is 32.9 Å². The monoisotopic (exact) mass is 261 g/mol. The molecule has 1 unspecified atom stereocenters. The molecule has 0 bridgehead atoms. The molecule has 3 heteroatoms. The summed E-state index contributed by atoms with van der Waals surface area (Å²) in [5, 5.41) is 9.57. The average Bonchev–Trinajstić information content (AvgIpc) is 2.82. The Morgan fingerprint density at radius 3 is 2.68 bits per heavy atom. The maximum Gasteiger partial charge on any atom is 0.0579 e. The molecular formula is C16H23NO2. The first-order chi connectivity index (χ1) is 9.31. The van der Waals surface area contributed by atoms with Crippen LogP contribution in [0, 0.1) is 5.41 Å². The molecule has 2 fully saturated rings. The number of aliphatic hydroxyl groups excluding tert-OH is 1. The zero-order valence-corrected chi connectivity index (χ0v) is 11.4. The van der Waals surface area contributed by atoms with E-state index < -0.39 is 0 Å². The zero-order chi connectivity index (χ0) is 13.1. The topological polar surface area (TPSA) is 32.7 Å². The van der Waals surface area contributed by atoms with Gasteiger partial charge in [-0.15, -0.1) is 0 Å². The first-order valence-electron chi connectivity index (χ1n) is 7.28. The molecule has 0 amide bonds. The smallest absolute Gasteiger partial charge is 0.0579 e. The molecule has 2 aliphatic rings. The third-order valence-electron chi connectivity index (χ3n) is 4.50. The van der Waals surface area contributed by atoms with Crippen LogP contribution in [0.15, 0.2) is 30.3 Å². The number of nitrogens with zero attached hydrogens (tertiary/aromatic N) is 1. The zero-order valence-electron chi connectivity index (χ0n) is 11.4. The van der Waals surface area contributed by atoms with Gasteiger partial charge < -0.3 is 9.84 Å². The SMILES string of the molecule is OCC1(CN2CCCC2Cc2ccccc2)COC1. The van der Waals surface area contributed by atoms with E-state index in [1.54, 1.807) is 0 Å². The molecule has 2 aliphatic heterocycles. The summed E-state index contributed by atoms with van der Waals surface area (Å²) in [5.41, 5.74) is 1.43. The van der Waals surface area contributed by atoms with E-state index in [0.717, 1.165) is 26.2 Å². The fourth-order valence-corrected chi connectivity index (χ4v) is 3.27. The van der Waals surface area contributed by atoms with Crippen molar-refractivity contribution >= 4 is 0 Å². The number of benzene rings is 1. The van der Waals surface area contributed by atoms with Gasteiger partial charge in [0.05, 0.1) is 25.2 Å². The minimum atomic E-state index is 0.0132. The van der Waals surface area contributed by atoms with Gasteiger partial charge in [-0.25, -0.2) is 0 Å². The lowest BCUT2D eigenvalue weighted by Gasteiger charge is -2.43. The van der Waals surface area contributed by atoms with Crippen LogP contribution in [0.1, 0.15) is 18.4 Å². The van der Waals surface area contributed by atoms with Crippen LogP contribution in [-0.4, -0.2) is 49.0 Å². The summed E-state index contributed by atoms with van der Waals surface area (Å²) < 4.78 is 5.31. The van der Waals surface area contributed by atoms with Crippen molar-refractivity contribution in [3.63, 3.8) is 0 Å². The Morgan fingerprint density at radius 2 is 2.05 bits per heavy atom. The third kappa shape index (κ3) is 2.83. The van der Waals surface area contributed by atoms with Crippen molar-refractivity contribution in [2.24, 2.45) is 5.41 Å². The van der Waals surface area contributed by atoms with Gasteiger partial charge in [-0.2, -0.15) is 0 Å². The van der Waals surface area contributed by atoms with Gasteiger partial charge in [0.1, 0.15) is 0 Å². The highest BCUT2D eigenvalue weighted by molar-refractivity contribution is 5.16. The van der Waals surface area contributed by atoms with Crippen molar-refractivity contribution < 1.29 is 9.84 Å². The van der Waals surface area contributed by atoms with Gasteiger partial charge in [0.15, 0.2) is 0 Å². The molecule has 2 heterocycles. The van der Waals surface area contributed by atoms with Crippen LogP contribution in [0.4, 0.5) is 0 Å². The fraction of sp³-hybridized carbons (Fsp3) is 0.625. The number of rotatable bonds is 5. The van der Waals surface area contributed by atoms with Crippen molar-refractivity contribution in [1.82, 2.24) is 4.90 Å². The minimum absolute atomic E-state index is 0.0132. The molecule has 1 atom stereocenters. The highest BCUT2D eigenvalue weighted by Gasteiger charge is 2.41. The van der Waals surface area contributed by atoms with E-state index in [9.17, 15) is 5.11 Å². The highest BCUT2D eigenvalue weighted by atomic mass is 16.5. The van der Waals surface area contributed by atoms with Gasteiger partial charge in [-0.05, 0) is 31.4 Å². The molecule has 0 aliphatic carbocycles. The number of ether oxygens (including phenoxy) is 1. The summed E-state index contributed by atoms with van der Waals surface area (Å²) in [4.78, 5) is 2.56. The van der Waals surface area contributed by atoms with Crippen molar-refractivity contribution in [3.05, 3.63) is 35.9 Å². The first kappa shape index (κ1) is 13.1. The Balaban J connectivity index is 1.62. The van der Waals surface area contributed by atoms with E-state index in [1.165, 1.54) is 24.9 Å². The largest absolute Gasteiger partial charge is 0.396 e. The lowest BCUT2D eigenvalue weighted by molar-refractivity contribution is -0.149. The molecule has 2 saturated heterocycles. The van der Waals surface area contributed by atoms with Gasteiger partial charge in [0.2, 0.25) is 0 Å². The maximum absolute atomic E-state index is 9.57. The molecule has 1 aromatic rings. The molecule has 1 aromatic carbocycles. The number of aliphatic hydroxyl groups is 1. The number of hydrogen-bond donors (Lipinski definition) is 1. The summed E-state index contributed by atoms with van der Waals surface area (Å²) in [6.07, 6.45) is 3.68. The van der Waals surface area contributed by atoms with Gasteiger partial charge in [0, 0.05) is 12.6 Å². The maximum atomic E-state index is 9.57. The van der Waals surface area contributed by atoms with Crippen molar-refractivity contribution in [3.8, 4) is 0 Å². The van der Waals surface area contributed by atoms with Gasteiger partial charge in [-0.3, -0.25) is 4.90 Å². The quantitative estimate of drug-likeness (QED) is 0.875. The van der Waals surface area contributed by atoms with Crippen molar-refractivity contribution in [1.29, 1.82) is 0 Å². The van der Waals surface area contributed by atoms with E-state index >= 15 is 0 Å². The normalized spacial score (nSPS) is 26.3. The Kier molecular flexibility index (Phi) is 3.87. The fourth-order valence-electron chi connectivity index (χ4n) is 3.27. The van der Waals surface area contributed by atoms with E-state index in [1.807, 2.05) is 0 Å². The van der Waals surface area contributed by atoms with E-state index in [4.69, 9.17) is 4.74 Å². The molecule has 1 N–H and O–H groups in total. The Hall–Kier alpha value is -0.900. The lowest BCUT2D eigenvalue weighted by Crippen LogP contribution is -2.54. The van der Waals surface area contributed by atoms with E-state index in [2.05, 4.69) is 35.2 Å². The molecule has 0 saturated carbocycles. The molecule has 0 aromatic heterocycles. The van der Waals surface area contributed by atoms with Crippen LogP contribution >= 0.6 is 0 Å². The summed E-state index contributed by atoms with van der Waals surface area (Å²) in [5.74, 6) is 0. The van der Waals surface area contributed by atoms with Crippen LogP contribution in [0.25, 0.3) is 0 Å². The molecule has 3 nitrogen and oxygen atoms in total. The third-order valence-corrected chi connectivity index (χ3v) is 4.50. The molecule has 0 radical (unpaired) electrons. The number of likely N-dealkylation sites (tertiary alicyclic amines) is 1. The van der Waals surface area contributed by atoms with Crippen LogP contribution in [0.2, 0.25) is 0 Å². The lowest BCUT2D eigenvalue weighted by atomic mass is 9.86. The van der Waals surface area contributed by atoms with Gasteiger partial charge >= 0.3 is 0 Å². The molecule has 104 valence electrons. The van der Waals surface area contributed by atoms with Crippen LogP contribution in [-0.2, 0) is 11.2 Å². The Labute approximate surface area is 115 Å². The van der Waals surface area contributed by atoms with Crippen LogP contribution in [0.5, 0.6) is 0 Å². The second-order valence-electron chi connectivity index (χ2n) is 6.11. The predicted molar refractivity (Wildman–Crippen MR) is 75.1 cm³/mol. The summed E-state index contributed by atoms with van der Waals surface area (Å²) in [7, 11) is 0. The summed E-state index contributed by atoms with van der Waals surface area (Å²) >= 11 is 0. The second-order valence-corrected chi connectivity index (χ2v) is 6.11. The van der Waals surface area contributed by atoms with E-state index in [-0.39, 0.29) is 12.0 Å². The standard InChI is InChI=1S/C16H23NO2/c18-11-16(12-19-13-16)10-17-8-4-7-15(17)9-14-5-2-1-3-6-14/h1-3,5-6,15,18H,4,7-13H2. The minimum Gasteiger partial charge on any atom is -0.396 e. The van der Waals surface area contributed by atoms with E-state index in [0.29, 0.717) is 6.04 Å². The second kappa shape index (κ2) is 5.61. The summed E-state index contributed by atoms with van der Waals surface area (Å²) in [6, 6.07) is 11.4. The van der Waals surface area contributed by atoms with Gasteiger partial charge in [-0.1, -0.05) is 30.3 Å². The van der Waals surface area contributed by atoms with Crippen LogP contribution in [0.3, 0.4) is 0 Å². The number of hydrogen-bond acceptors (Lipinski definition) is 3. The first-order valence-corrected chi connectivity index (χ1v) is 7.28. The molecule has 19 heavy (non-hydrogen) atoms.